The number of carboxylic acids is 1. The molecular weight excluding hydrogens is 170 g/mol. The number of likely N-dealkylation sites (N-methyl/N-ethyl adjacent to an activating group) is 1. The number of aliphatic hydroxyl groups excluding tert-OH is 1. The molecule has 0 aromatic carbocycles. The summed E-state index contributed by atoms with van der Waals surface area (Å²) in [5.74, 6) is -1.02. The van der Waals surface area contributed by atoms with Crippen molar-refractivity contribution in [3.63, 3.8) is 0 Å². The Kier molecular flexibility index (Phi) is 5.14. The number of rotatable bonds is 5. The monoisotopic (exact) mass is 187 g/mol. The van der Waals surface area contributed by atoms with Gasteiger partial charge in [-0.15, -0.1) is 0 Å². The van der Waals surface area contributed by atoms with Crippen LogP contribution in [0.15, 0.2) is 12.3 Å². The van der Waals surface area contributed by atoms with E-state index in [2.05, 4.69) is 0 Å². The molecule has 0 aromatic rings. The van der Waals surface area contributed by atoms with Crippen molar-refractivity contribution in [3.05, 3.63) is 12.3 Å². The SMILES string of the molecule is CC/C=C/N(C)[C@H](C(=O)O)C(C)O. The average molecular weight is 187 g/mol. The lowest BCUT2D eigenvalue weighted by Crippen LogP contribution is -2.43. The predicted molar refractivity (Wildman–Crippen MR) is 50.3 cm³/mol. The molecule has 0 aliphatic heterocycles. The third-order valence-corrected chi connectivity index (χ3v) is 1.72. The molecule has 1 unspecified atom stereocenters. The summed E-state index contributed by atoms with van der Waals surface area (Å²) >= 11 is 0. The Bertz CT molecular complexity index is 189. The Morgan fingerprint density at radius 2 is 2.15 bits per heavy atom. The van der Waals surface area contributed by atoms with Crippen molar-refractivity contribution in [2.45, 2.75) is 32.4 Å². The summed E-state index contributed by atoms with van der Waals surface area (Å²) in [6.45, 7) is 3.43. The lowest BCUT2D eigenvalue weighted by molar-refractivity contribution is -0.145. The van der Waals surface area contributed by atoms with Gasteiger partial charge in [-0.1, -0.05) is 13.0 Å². The second-order valence-corrected chi connectivity index (χ2v) is 2.98. The number of hydrogen-bond acceptors (Lipinski definition) is 3. The molecule has 0 bridgehead atoms. The van der Waals surface area contributed by atoms with Crippen LogP contribution in [0, 0.1) is 0 Å². The maximum atomic E-state index is 10.7. The van der Waals surface area contributed by atoms with E-state index in [4.69, 9.17) is 5.11 Å². The van der Waals surface area contributed by atoms with Gasteiger partial charge >= 0.3 is 5.97 Å². The molecule has 0 radical (unpaired) electrons. The maximum absolute atomic E-state index is 10.7. The molecular formula is C9H17NO3. The van der Waals surface area contributed by atoms with E-state index >= 15 is 0 Å². The Morgan fingerprint density at radius 1 is 1.62 bits per heavy atom. The van der Waals surface area contributed by atoms with Crippen molar-refractivity contribution < 1.29 is 15.0 Å². The maximum Gasteiger partial charge on any atom is 0.329 e. The minimum atomic E-state index is -1.02. The normalized spacial score (nSPS) is 15.7. The van der Waals surface area contributed by atoms with Crippen LogP contribution in [0.2, 0.25) is 0 Å². The summed E-state index contributed by atoms with van der Waals surface area (Å²) in [5.41, 5.74) is 0. The summed E-state index contributed by atoms with van der Waals surface area (Å²) in [6.07, 6.45) is 3.48. The second-order valence-electron chi connectivity index (χ2n) is 2.98. The molecule has 2 N–H and O–H groups in total. The molecule has 4 heteroatoms. The van der Waals surface area contributed by atoms with Gasteiger partial charge in [0.2, 0.25) is 0 Å². The van der Waals surface area contributed by atoms with Gasteiger partial charge in [-0.25, -0.2) is 4.79 Å². The molecule has 0 spiro atoms. The fraction of sp³-hybridized carbons (Fsp3) is 0.667. The lowest BCUT2D eigenvalue weighted by Gasteiger charge is -2.25. The number of aliphatic hydroxyl groups is 1. The van der Waals surface area contributed by atoms with Crippen LogP contribution in [0.5, 0.6) is 0 Å². The second kappa shape index (κ2) is 5.59. The minimum Gasteiger partial charge on any atom is -0.480 e. The van der Waals surface area contributed by atoms with E-state index in [9.17, 15) is 9.90 Å². The highest BCUT2D eigenvalue weighted by atomic mass is 16.4. The van der Waals surface area contributed by atoms with Gasteiger partial charge in [0.05, 0.1) is 6.10 Å². The number of allylic oxidation sites excluding steroid dienone is 1. The first-order valence-electron chi connectivity index (χ1n) is 4.30. The molecule has 76 valence electrons. The number of hydrogen-bond donors (Lipinski definition) is 2. The van der Waals surface area contributed by atoms with Crippen LogP contribution in [0.25, 0.3) is 0 Å². The highest BCUT2D eigenvalue weighted by molar-refractivity contribution is 5.74. The third-order valence-electron chi connectivity index (χ3n) is 1.72. The van der Waals surface area contributed by atoms with Gasteiger partial charge in [0.15, 0.2) is 6.04 Å². The highest BCUT2D eigenvalue weighted by Gasteiger charge is 2.25. The van der Waals surface area contributed by atoms with Crippen LogP contribution in [0.1, 0.15) is 20.3 Å². The fourth-order valence-corrected chi connectivity index (χ4v) is 1.09. The van der Waals surface area contributed by atoms with Crippen LogP contribution in [-0.4, -0.2) is 40.3 Å². The molecule has 0 saturated carbocycles. The van der Waals surface area contributed by atoms with Gasteiger partial charge in [0.1, 0.15) is 0 Å². The van der Waals surface area contributed by atoms with Gasteiger partial charge < -0.3 is 15.1 Å². The Balaban J connectivity index is 4.37. The Hall–Kier alpha value is -1.03. The number of aliphatic carboxylic acids is 1. The largest absolute Gasteiger partial charge is 0.480 e. The Morgan fingerprint density at radius 3 is 2.46 bits per heavy atom. The minimum absolute atomic E-state index is 0.844. The van der Waals surface area contributed by atoms with Crippen molar-refractivity contribution >= 4 is 5.97 Å². The van der Waals surface area contributed by atoms with Crippen molar-refractivity contribution in [2.24, 2.45) is 0 Å². The van der Waals surface area contributed by atoms with Gasteiger partial charge in [0, 0.05) is 7.05 Å². The first-order chi connectivity index (χ1) is 6.00. The zero-order chi connectivity index (χ0) is 10.4. The average Bonchev–Trinajstić information content (AvgIpc) is 1.99. The molecule has 0 saturated heterocycles. The Labute approximate surface area is 78.5 Å². The molecule has 0 aromatic heterocycles. The lowest BCUT2D eigenvalue weighted by atomic mass is 10.1. The zero-order valence-electron chi connectivity index (χ0n) is 8.27. The van der Waals surface area contributed by atoms with Crippen LogP contribution in [-0.2, 0) is 4.79 Å². The quantitative estimate of drug-likeness (QED) is 0.664. The third kappa shape index (κ3) is 3.94. The van der Waals surface area contributed by atoms with Gasteiger partial charge in [0.25, 0.3) is 0 Å². The van der Waals surface area contributed by atoms with E-state index in [1.54, 1.807) is 13.2 Å². The van der Waals surface area contributed by atoms with Gasteiger partial charge in [-0.05, 0) is 19.5 Å². The summed E-state index contributed by atoms with van der Waals surface area (Å²) in [6, 6.07) is -0.872. The first kappa shape index (κ1) is 12.0. The molecule has 0 amide bonds. The van der Waals surface area contributed by atoms with E-state index in [1.807, 2.05) is 13.0 Å². The van der Waals surface area contributed by atoms with E-state index in [0.717, 1.165) is 6.42 Å². The molecule has 0 aliphatic carbocycles. The molecule has 0 fully saturated rings. The standard InChI is InChI=1S/C9H17NO3/c1-4-5-6-10(3)8(7(2)11)9(12)13/h5-8,11H,4H2,1-3H3,(H,12,13)/b6-5+/t7?,8-/m0/s1. The summed E-state index contributed by atoms with van der Waals surface area (Å²) in [7, 11) is 1.64. The van der Waals surface area contributed by atoms with E-state index < -0.39 is 18.1 Å². The molecule has 4 nitrogen and oxygen atoms in total. The number of nitrogens with zero attached hydrogens (tertiary/aromatic N) is 1. The van der Waals surface area contributed by atoms with E-state index in [1.165, 1.54) is 11.8 Å². The summed E-state index contributed by atoms with van der Waals surface area (Å²) in [5, 5.41) is 18.0. The number of carboxylic acid groups (broad SMARTS) is 1. The highest BCUT2D eigenvalue weighted by Crippen LogP contribution is 2.03. The van der Waals surface area contributed by atoms with Crippen molar-refractivity contribution in [1.82, 2.24) is 4.90 Å². The predicted octanol–water partition coefficient (Wildman–Crippen LogP) is 0.676. The smallest absolute Gasteiger partial charge is 0.329 e. The molecule has 13 heavy (non-hydrogen) atoms. The van der Waals surface area contributed by atoms with E-state index in [-0.39, 0.29) is 0 Å². The number of carbonyl (C=O) groups is 1. The van der Waals surface area contributed by atoms with Crippen LogP contribution in [0.3, 0.4) is 0 Å². The van der Waals surface area contributed by atoms with Gasteiger partial charge in [-0.3, -0.25) is 0 Å². The fourth-order valence-electron chi connectivity index (χ4n) is 1.09. The zero-order valence-corrected chi connectivity index (χ0v) is 8.27. The first-order valence-corrected chi connectivity index (χ1v) is 4.30. The van der Waals surface area contributed by atoms with Crippen LogP contribution < -0.4 is 0 Å². The molecule has 0 aliphatic rings. The molecule has 0 heterocycles. The van der Waals surface area contributed by atoms with Crippen molar-refractivity contribution in [1.29, 1.82) is 0 Å². The van der Waals surface area contributed by atoms with Crippen LogP contribution >= 0.6 is 0 Å². The van der Waals surface area contributed by atoms with Crippen molar-refractivity contribution in [3.8, 4) is 0 Å². The van der Waals surface area contributed by atoms with Crippen LogP contribution in [0.4, 0.5) is 0 Å². The summed E-state index contributed by atoms with van der Waals surface area (Å²) < 4.78 is 0. The molecule has 0 rings (SSSR count). The van der Waals surface area contributed by atoms with E-state index in [0.29, 0.717) is 0 Å². The van der Waals surface area contributed by atoms with Gasteiger partial charge in [-0.2, -0.15) is 0 Å². The topological polar surface area (TPSA) is 60.8 Å². The van der Waals surface area contributed by atoms with Crippen molar-refractivity contribution in [2.75, 3.05) is 7.05 Å². The molecule has 2 atom stereocenters. The summed E-state index contributed by atoms with van der Waals surface area (Å²) in [4.78, 5) is 12.2.